The van der Waals surface area contributed by atoms with Gasteiger partial charge in [0.05, 0.1) is 18.8 Å². The molecule has 442 valence electrons. The average molecular weight is 1060 g/mol. The van der Waals surface area contributed by atoms with Crippen LogP contribution in [0.15, 0.2) is 85.1 Å². The van der Waals surface area contributed by atoms with Crippen LogP contribution in [-0.2, 0) is 4.79 Å². The number of carbonyl (C=O) groups is 1. The van der Waals surface area contributed by atoms with Crippen LogP contribution < -0.4 is 5.32 Å². The molecular weight excluding hydrogens is 927 g/mol. The van der Waals surface area contributed by atoms with Gasteiger partial charge in [0.2, 0.25) is 5.91 Å². The molecule has 0 aliphatic rings. The highest BCUT2D eigenvalue weighted by Crippen LogP contribution is 2.18. The number of aliphatic hydroxyl groups is 2. The predicted molar refractivity (Wildman–Crippen MR) is 340 cm³/mol. The zero-order valence-electron chi connectivity index (χ0n) is 51.0. The van der Waals surface area contributed by atoms with Crippen molar-refractivity contribution in [2.75, 3.05) is 6.61 Å². The molecule has 0 saturated carbocycles. The number of nitrogens with one attached hydrogen (secondary N) is 1. The van der Waals surface area contributed by atoms with Crippen LogP contribution in [0.4, 0.5) is 0 Å². The lowest BCUT2D eigenvalue weighted by Gasteiger charge is -2.20. The average Bonchev–Trinajstić information content (AvgIpc) is 3.42. The Hall–Kier alpha value is -2.43. The molecule has 0 fully saturated rings. The van der Waals surface area contributed by atoms with Gasteiger partial charge in [0, 0.05) is 6.42 Å². The molecule has 3 N–H and O–H groups in total. The van der Waals surface area contributed by atoms with Gasteiger partial charge in [0.15, 0.2) is 0 Å². The molecule has 0 bridgehead atoms. The molecule has 76 heavy (non-hydrogen) atoms. The Morgan fingerprint density at radius 3 is 0.868 bits per heavy atom. The standard InChI is InChI=1S/C72H131NO3/c1-3-5-7-9-11-13-15-17-19-21-23-25-27-29-31-33-35-36-38-39-41-43-45-47-49-51-53-55-57-59-61-63-65-67-71(75)70(69-74)73-72(76)68-66-64-62-60-58-56-54-52-50-48-46-44-42-40-37-34-32-30-28-26-24-22-20-18-16-14-12-10-8-6-4-2/h6,8,12,14,18,20,24,26,30,32,37,40,65,67,70-71,74-75H,3-5,7,9-11,13,15-17,19,21-23,25,27-29,31,33-36,38-39,41-64,66,68-69H2,1-2H3,(H,73,76)/b8-6-,14-12-,20-18-,26-24-,32-30-,40-37-,67-65+. The Bertz CT molecular complexity index is 1340. The van der Waals surface area contributed by atoms with E-state index in [-0.39, 0.29) is 12.5 Å². The van der Waals surface area contributed by atoms with Gasteiger partial charge in [-0.3, -0.25) is 4.79 Å². The molecule has 4 heteroatoms. The van der Waals surface area contributed by atoms with Crippen molar-refractivity contribution in [3.8, 4) is 0 Å². The Labute approximate surface area is 475 Å². The van der Waals surface area contributed by atoms with Gasteiger partial charge in [-0.25, -0.2) is 0 Å². The van der Waals surface area contributed by atoms with E-state index in [0.29, 0.717) is 6.42 Å². The summed E-state index contributed by atoms with van der Waals surface area (Å²) in [5.41, 5.74) is 0. The summed E-state index contributed by atoms with van der Waals surface area (Å²) in [6.45, 7) is 4.22. The van der Waals surface area contributed by atoms with E-state index in [9.17, 15) is 15.0 Å². The second-order valence-electron chi connectivity index (χ2n) is 22.9. The van der Waals surface area contributed by atoms with E-state index in [1.165, 1.54) is 263 Å². The second-order valence-corrected chi connectivity index (χ2v) is 22.9. The fourth-order valence-corrected chi connectivity index (χ4v) is 10.3. The third-order valence-electron chi connectivity index (χ3n) is 15.4. The van der Waals surface area contributed by atoms with Crippen molar-refractivity contribution >= 4 is 5.91 Å². The van der Waals surface area contributed by atoms with E-state index in [0.717, 1.165) is 64.2 Å². The molecule has 0 aromatic carbocycles. The molecule has 1 amide bonds. The van der Waals surface area contributed by atoms with Gasteiger partial charge >= 0.3 is 0 Å². The lowest BCUT2D eigenvalue weighted by atomic mass is 10.0. The monoisotopic (exact) mass is 1060 g/mol. The van der Waals surface area contributed by atoms with E-state index in [4.69, 9.17) is 0 Å². The normalized spacial score (nSPS) is 13.3. The van der Waals surface area contributed by atoms with E-state index in [2.05, 4.69) is 92.1 Å². The minimum absolute atomic E-state index is 0.0648. The van der Waals surface area contributed by atoms with Crippen LogP contribution in [-0.4, -0.2) is 34.9 Å². The predicted octanol–water partition coefficient (Wildman–Crippen LogP) is 23.0. The van der Waals surface area contributed by atoms with E-state index >= 15 is 0 Å². The van der Waals surface area contributed by atoms with Crippen molar-refractivity contribution in [2.45, 2.75) is 360 Å². The first-order valence-corrected chi connectivity index (χ1v) is 33.8. The largest absolute Gasteiger partial charge is 0.394 e. The van der Waals surface area contributed by atoms with Crippen LogP contribution in [0.2, 0.25) is 0 Å². The fourth-order valence-electron chi connectivity index (χ4n) is 10.3. The maximum atomic E-state index is 12.5. The number of aliphatic hydroxyl groups excluding tert-OH is 2. The third-order valence-corrected chi connectivity index (χ3v) is 15.4. The molecule has 0 saturated heterocycles. The third kappa shape index (κ3) is 62.4. The highest BCUT2D eigenvalue weighted by molar-refractivity contribution is 5.76. The molecule has 0 aromatic rings. The van der Waals surface area contributed by atoms with Crippen LogP contribution in [0.5, 0.6) is 0 Å². The summed E-state index contributed by atoms with van der Waals surface area (Å²) in [6.07, 6.45) is 98.0. The zero-order chi connectivity index (χ0) is 54.8. The summed E-state index contributed by atoms with van der Waals surface area (Å²) in [6, 6.07) is -0.630. The maximum absolute atomic E-state index is 12.5. The zero-order valence-corrected chi connectivity index (χ0v) is 51.0. The molecular formula is C72H131NO3. The Kier molecular flexibility index (Phi) is 64.7. The Morgan fingerprint density at radius 1 is 0.329 bits per heavy atom. The SMILES string of the molecule is CC/C=C\C/C=C\C/C=C\C/C=C\C/C=C\C/C=C\CCCCCCCCCCCCCCC(=O)NC(CO)C(O)/C=C/CCCCCCCCCCCCCCCCCCCCCCCCCCCCCCCCC. The Balaban J connectivity index is 3.48. The van der Waals surface area contributed by atoms with Crippen LogP contribution >= 0.6 is 0 Å². The van der Waals surface area contributed by atoms with Crippen LogP contribution in [0.3, 0.4) is 0 Å². The molecule has 2 atom stereocenters. The molecule has 0 rings (SSSR count). The molecule has 0 radical (unpaired) electrons. The van der Waals surface area contributed by atoms with Gasteiger partial charge in [-0.05, 0) is 70.6 Å². The topological polar surface area (TPSA) is 69.6 Å². The van der Waals surface area contributed by atoms with Gasteiger partial charge < -0.3 is 15.5 Å². The number of hydrogen-bond donors (Lipinski definition) is 3. The van der Waals surface area contributed by atoms with E-state index in [1.807, 2.05) is 6.08 Å². The lowest BCUT2D eigenvalue weighted by Crippen LogP contribution is -2.45. The second kappa shape index (κ2) is 66.8. The van der Waals surface area contributed by atoms with Crippen molar-refractivity contribution < 1.29 is 15.0 Å². The van der Waals surface area contributed by atoms with Gasteiger partial charge in [0.25, 0.3) is 0 Å². The minimum Gasteiger partial charge on any atom is -0.394 e. The van der Waals surface area contributed by atoms with Crippen LogP contribution in [0.1, 0.15) is 348 Å². The number of carbonyl (C=O) groups excluding carboxylic acids is 1. The van der Waals surface area contributed by atoms with Crippen molar-refractivity contribution in [1.29, 1.82) is 0 Å². The Morgan fingerprint density at radius 2 is 0.579 bits per heavy atom. The molecule has 0 spiro atoms. The summed E-state index contributed by atoms with van der Waals surface area (Å²) in [5.74, 6) is -0.0648. The first-order chi connectivity index (χ1) is 37.7. The van der Waals surface area contributed by atoms with Crippen LogP contribution in [0, 0.1) is 0 Å². The van der Waals surface area contributed by atoms with Crippen LogP contribution in [0.25, 0.3) is 0 Å². The van der Waals surface area contributed by atoms with Crippen molar-refractivity contribution in [2.24, 2.45) is 0 Å². The minimum atomic E-state index is -0.847. The summed E-state index contributed by atoms with van der Waals surface area (Å²) in [7, 11) is 0. The lowest BCUT2D eigenvalue weighted by molar-refractivity contribution is -0.123. The van der Waals surface area contributed by atoms with E-state index in [1.54, 1.807) is 6.08 Å². The van der Waals surface area contributed by atoms with Crippen molar-refractivity contribution in [3.05, 3.63) is 85.1 Å². The van der Waals surface area contributed by atoms with Gasteiger partial charge in [-0.15, -0.1) is 0 Å². The number of rotatable bonds is 62. The van der Waals surface area contributed by atoms with Crippen molar-refractivity contribution in [3.63, 3.8) is 0 Å². The number of unbranched alkanes of at least 4 members (excludes halogenated alkanes) is 43. The molecule has 2 unspecified atom stereocenters. The molecule has 4 nitrogen and oxygen atoms in total. The summed E-state index contributed by atoms with van der Waals surface area (Å²) < 4.78 is 0. The number of allylic oxidation sites excluding steroid dienone is 13. The summed E-state index contributed by atoms with van der Waals surface area (Å²) >= 11 is 0. The molecule has 0 aliphatic carbocycles. The van der Waals surface area contributed by atoms with E-state index < -0.39 is 12.1 Å². The highest BCUT2D eigenvalue weighted by Gasteiger charge is 2.18. The van der Waals surface area contributed by atoms with Gasteiger partial charge in [0.1, 0.15) is 0 Å². The summed E-state index contributed by atoms with van der Waals surface area (Å²) in [4.78, 5) is 12.5. The fraction of sp³-hybridized carbons (Fsp3) is 0.792. The number of hydrogen-bond acceptors (Lipinski definition) is 3. The molecule has 0 heterocycles. The highest BCUT2D eigenvalue weighted by atomic mass is 16.3. The van der Waals surface area contributed by atoms with Crippen molar-refractivity contribution in [1.82, 2.24) is 5.32 Å². The van der Waals surface area contributed by atoms with Gasteiger partial charge in [-0.1, -0.05) is 356 Å². The smallest absolute Gasteiger partial charge is 0.220 e. The molecule has 0 aromatic heterocycles. The summed E-state index contributed by atoms with van der Waals surface area (Å²) in [5, 5.41) is 23.3. The first-order valence-electron chi connectivity index (χ1n) is 33.8. The maximum Gasteiger partial charge on any atom is 0.220 e. The molecule has 0 aliphatic heterocycles. The first kappa shape index (κ1) is 73.6. The quantitative estimate of drug-likeness (QED) is 0.0420. The number of amides is 1. The van der Waals surface area contributed by atoms with Gasteiger partial charge in [-0.2, -0.15) is 0 Å².